The molecular formula is C22H28N4O5S. The molecule has 1 unspecified atom stereocenters. The number of esters is 1. The fraction of sp³-hybridized carbons (Fsp3) is 0.409. The average molecular weight is 461 g/mol. The number of hydrogen-bond acceptors (Lipinski definition) is 7. The lowest BCUT2D eigenvalue weighted by Gasteiger charge is -2.24. The quantitative estimate of drug-likeness (QED) is 0.232. The van der Waals surface area contributed by atoms with Gasteiger partial charge < -0.3 is 20.7 Å². The maximum Gasteiger partial charge on any atom is 0.329 e. The summed E-state index contributed by atoms with van der Waals surface area (Å²) < 4.78 is 5.53. The van der Waals surface area contributed by atoms with E-state index >= 15 is 0 Å². The van der Waals surface area contributed by atoms with Gasteiger partial charge in [-0.05, 0) is 36.3 Å². The summed E-state index contributed by atoms with van der Waals surface area (Å²) in [5, 5.41) is 7.63. The number of hydrogen-bond donors (Lipinski definition) is 4. The van der Waals surface area contributed by atoms with Gasteiger partial charge in [-0.1, -0.05) is 32.6 Å². The Morgan fingerprint density at radius 3 is 2.69 bits per heavy atom. The van der Waals surface area contributed by atoms with Crippen molar-refractivity contribution in [3.05, 3.63) is 54.0 Å². The molecule has 0 fully saturated rings. The highest BCUT2D eigenvalue weighted by molar-refractivity contribution is 7.80. The predicted octanol–water partition coefficient (Wildman–Crippen LogP) is 1.27. The predicted molar refractivity (Wildman–Crippen MR) is 122 cm³/mol. The van der Waals surface area contributed by atoms with E-state index in [4.69, 9.17) is 4.74 Å². The monoisotopic (exact) mass is 460 g/mol. The van der Waals surface area contributed by atoms with Crippen LogP contribution in [0.5, 0.6) is 0 Å². The molecule has 3 amide bonds. The summed E-state index contributed by atoms with van der Waals surface area (Å²) in [7, 11) is 0. The van der Waals surface area contributed by atoms with Gasteiger partial charge >= 0.3 is 5.97 Å². The normalized spacial score (nSPS) is 21.2. The van der Waals surface area contributed by atoms with Crippen LogP contribution in [-0.2, 0) is 25.7 Å². The standard InChI is InChI=1S/C22H28N4O5S/c1-13(2)19-22(30)31-16(8-4-5-10-32)11-18(27)23-12-15-7-6-9-17(25-15)21(29)24-14(3)20(28)26-19/h4,6-9,13,16,19,32H,3,5,10-12H2,1-2H3,(H,23,27)(H,24,29)(H,26,28)/b8-4+/t16-,19?/m1/s1. The first-order chi connectivity index (χ1) is 15.2. The van der Waals surface area contributed by atoms with Gasteiger partial charge in [0.15, 0.2) is 0 Å². The van der Waals surface area contributed by atoms with Gasteiger partial charge in [-0.2, -0.15) is 12.6 Å². The van der Waals surface area contributed by atoms with E-state index in [-0.39, 0.29) is 36.2 Å². The number of pyridine rings is 1. The second-order valence-corrected chi connectivity index (χ2v) is 7.99. The van der Waals surface area contributed by atoms with Crippen LogP contribution >= 0.6 is 12.6 Å². The van der Waals surface area contributed by atoms with Gasteiger partial charge in [0.05, 0.1) is 24.4 Å². The molecule has 0 radical (unpaired) electrons. The van der Waals surface area contributed by atoms with Crippen molar-refractivity contribution in [2.45, 2.75) is 45.4 Å². The summed E-state index contributed by atoms with van der Waals surface area (Å²) >= 11 is 4.14. The summed E-state index contributed by atoms with van der Waals surface area (Å²) in [6.45, 7) is 7.14. The third-order valence-corrected chi connectivity index (χ3v) is 4.81. The summed E-state index contributed by atoms with van der Waals surface area (Å²) in [5.41, 5.74) is 0.281. The van der Waals surface area contributed by atoms with Gasteiger partial charge in [-0.3, -0.25) is 14.4 Å². The van der Waals surface area contributed by atoms with Crippen LogP contribution < -0.4 is 16.0 Å². The number of amides is 3. The summed E-state index contributed by atoms with van der Waals surface area (Å²) in [4.78, 5) is 54.4. The highest BCUT2D eigenvalue weighted by Gasteiger charge is 2.29. The molecule has 1 aromatic rings. The van der Waals surface area contributed by atoms with Crippen molar-refractivity contribution in [1.82, 2.24) is 20.9 Å². The van der Waals surface area contributed by atoms with Crippen molar-refractivity contribution in [2.24, 2.45) is 5.92 Å². The van der Waals surface area contributed by atoms with Crippen molar-refractivity contribution in [3.63, 3.8) is 0 Å². The van der Waals surface area contributed by atoms with Crippen molar-refractivity contribution in [1.29, 1.82) is 0 Å². The molecule has 0 spiro atoms. The topological polar surface area (TPSA) is 126 Å². The molecule has 2 atom stereocenters. The number of allylic oxidation sites excluding steroid dienone is 1. The molecule has 1 aromatic heterocycles. The first-order valence-corrected chi connectivity index (χ1v) is 10.9. The maximum atomic E-state index is 12.8. The minimum Gasteiger partial charge on any atom is -0.456 e. The lowest BCUT2D eigenvalue weighted by molar-refractivity contribution is -0.153. The Labute approximate surface area is 192 Å². The van der Waals surface area contributed by atoms with Gasteiger partial charge in [0.25, 0.3) is 11.8 Å². The Kier molecular flexibility index (Phi) is 9.45. The molecule has 172 valence electrons. The molecular weight excluding hydrogens is 432 g/mol. The zero-order chi connectivity index (χ0) is 23.7. The first kappa shape index (κ1) is 25.1. The van der Waals surface area contributed by atoms with Gasteiger partial charge in [0, 0.05) is 0 Å². The number of cyclic esters (lactones) is 1. The summed E-state index contributed by atoms with van der Waals surface area (Å²) in [6.07, 6.45) is 3.12. The fourth-order valence-electron chi connectivity index (χ4n) is 2.83. The van der Waals surface area contributed by atoms with E-state index in [1.165, 1.54) is 6.07 Å². The van der Waals surface area contributed by atoms with Gasteiger partial charge in [0.2, 0.25) is 5.91 Å². The molecule has 0 saturated heterocycles. The van der Waals surface area contributed by atoms with E-state index in [1.807, 2.05) is 0 Å². The SMILES string of the molecule is C=C1NC(=O)c2cccc(n2)CNC(=O)C[C@@H](/C=C/CCS)OC(=O)C(C(C)C)NC1=O. The molecule has 9 nitrogen and oxygen atoms in total. The van der Waals surface area contributed by atoms with Crippen LogP contribution in [0, 0.1) is 5.92 Å². The Hall–Kier alpha value is -3.14. The number of carbonyl (C=O) groups excluding carboxylic acids is 4. The van der Waals surface area contributed by atoms with E-state index in [0.717, 1.165) is 0 Å². The molecule has 3 N–H and O–H groups in total. The Morgan fingerprint density at radius 1 is 1.25 bits per heavy atom. The van der Waals surface area contributed by atoms with E-state index in [2.05, 4.69) is 40.1 Å². The minimum atomic E-state index is -1.01. The molecule has 2 bridgehead atoms. The average Bonchev–Trinajstić information content (AvgIpc) is 2.75. The lowest BCUT2D eigenvalue weighted by atomic mass is 10.0. The molecule has 2 heterocycles. The minimum absolute atomic E-state index is 0.0603. The number of nitrogens with zero attached hydrogens (tertiary/aromatic N) is 1. The van der Waals surface area contributed by atoms with Gasteiger partial charge in [0.1, 0.15) is 17.8 Å². The number of nitrogens with one attached hydrogen (secondary N) is 3. The molecule has 0 saturated carbocycles. The van der Waals surface area contributed by atoms with Crippen LogP contribution in [0.25, 0.3) is 0 Å². The van der Waals surface area contributed by atoms with Crippen molar-refractivity contribution in [2.75, 3.05) is 5.75 Å². The maximum absolute atomic E-state index is 12.8. The fourth-order valence-corrected chi connectivity index (χ4v) is 2.98. The molecule has 1 aliphatic rings. The number of fused-ring (bicyclic) bond motifs is 2. The third-order valence-electron chi connectivity index (χ3n) is 4.55. The van der Waals surface area contributed by atoms with Crippen LogP contribution in [0.15, 0.2) is 42.6 Å². The van der Waals surface area contributed by atoms with Crippen LogP contribution in [0.4, 0.5) is 0 Å². The molecule has 2 rings (SSSR count). The van der Waals surface area contributed by atoms with Crippen molar-refractivity contribution < 1.29 is 23.9 Å². The zero-order valence-electron chi connectivity index (χ0n) is 18.1. The molecule has 32 heavy (non-hydrogen) atoms. The highest BCUT2D eigenvalue weighted by Crippen LogP contribution is 2.11. The smallest absolute Gasteiger partial charge is 0.329 e. The van der Waals surface area contributed by atoms with E-state index in [0.29, 0.717) is 17.9 Å². The zero-order valence-corrected chi connectivity index (χ0v) is 19.0. The number of carbonyl (C=O) groups is 4. The molecule has 1 aliphatic heterocycles. The van der Waals surface area contributed by atoms with Gasteiger partial charge in [-0.15, -0.1) is 0 Å². The van der Waals surface area contributed by atoms with E-state index in [9.17, 15) is 19.2 Å². The van der Waals surface area contributed by atoms with Crippen LogP contribution in [0.3, 0.4) is 0 Å². The Morgan fingerprint density at radius 2 is 2.00 bits per heavy atom. The van der Waals surface area contributed by atoms with Crippen LogP contribution in [0.1, 0.15) is 42.9 Å². The van der Waals surface area contributed by atoms with Crippen molar-refractivity contribution in [3.8, 4) is 0 Å². The van der Waals surface area contributed by atoms with Crippen molar-refractivity contribution >= 4 is 36.3 Å². The van der Waals surface area contributed by atoms with Crippen LogP contribution in [-0.4, -0.2) is 46.6 Å². The number of aromatic nitrogens is 1. The number of rotatable bonds is 4. The first-order valence-electron chi connectivity index (χ1n) is 10.2. The highest BCUT2D eigenvalue weighted by atomic mass is 32.1. The summed E-state index contributed by atoms with van der Waals surface area (Å²) in [5.74, 6) is -2.13. The lowest BCUT2D eigenvalue weighted by Crippen LogP contribution is -2.48. The van der Waals surface area contributed by atoms with Gasteiger partial charge in [-0.25, -0.2) is 9.78 Å². The number of thiol groups is 1. The third kappa shape index (κ3) is 7.52. The molecule has 0 aromatic carbocycles. The Balaban J connectivity index is 2.35. The second kappa shape index (κ2) is 12.0. The Bertz CT molecular complexity index is 915. The largest absolute Gasteiger partial charge is 0.456 e. The van der Waals surface area contributed by atoms with E-state index < -0.39 is 29.9 Å². The van der Waals surface area contributed by atoms with Crippen LogP contribution in [0.2, 0.25) is 0 Å². The second-order valence-electron chi connectivity index (χ2n) is 7.54. The summed E-state index contributed by atoms with van der Waals surface area (Å²) in [6, 6.07) is 3.74. The molecule has 0 aliphatic carbocycles. The van der Waals surface area contributed by atoms with E-state index in [1.54, 1.807) is 38.1 Å². The number of ether oxygens (including phenoxy) is 1. The molecule has 10 heteroatoms.